The minimum absolute atomic E-state index is 0.0438. The second-order valence-corrected chi connectivity index (χ2v) is 10.4. The second kappa shape index (κ2) is 10.3. The normalized spacial score (nSPS) is 20.3. The van der Waals surface area contributed by atoms with Crippen molar-refractivity contribution in [3.05, 3.63) is 46.9 Å². The van der Waals surface area contributed by atoms with Gasteiger partial charge in [-0.15, -0.1) is 0 Å². The molecule has 0 aliphatic carbocycles. The van der Waals surface area contributed by atoms with Crippen molar-refractivity contribution >= 4 is 28.1 Å². The van der Waals surface area contributed by atoms with Gasteiger partial charge in [-0.3, -0.25) is 4.79 Å². The number of halogens is 2. The SMILES string of the molecule is Cc1noc(/C=C/c2ccc(F)cc2F)c1S(=O)(=O)N1CCC(C(=O)NCC2CCCO2)CC1. The zero-order valence-electron chi connectivity index (χ0n) is 18.8. The molecule has 11 heteroatoms. The van der Waals surface area contributed by atoms with E-state index in [0.29, 0.717) is 19.4 Å². The van der Waals surface area contributed by atoms with E-state index in [1.165, 1.54) is 29.4 Å². The third-order valence-electron chi connectivity index (χ3n) is 6.16. The van der Waals surface area contributed by atoms with Crippen molar-refractivity contribution in [1.82, 2.24) is 14.8 Å². The Bertz CT molecular complexity index is 1170. The van der Waals surface area contributed by atoms with Crippen LogP contribution in [-0.4, -0.2) is 56.1 Å². The van der Waals surface area contributed by atoms with Gasteiger partial charge in [0.15, 0.2) is 10.7 Å². The zero-order valence-corrected chi connectivity index (χ0v) is 19.6. The van der Waals surface area contributed by atoms with Gasteiger partial charge in [-0.05, 0) is 56.9 Å². The average molecular weight is 496 g/mol. The molecule has 0 spiro atoms. The lowest BCUT2D eigenvalue weighted by Crippen LogP contribution is -2.44. The molecule has 4 rings (SSSR count). The Hall–Kier alpha value is -2.63. The molecular formula is C23H27F2N3O5S. The van der Waals surface area contributed by atoms with E-state index >= 15 is 0 Å². The van der Waals surface area contributed by atoms with Crippen LogP contribution >= 0.6 is 0 Å². The summed E-state index contributed by atoms with van der Waals surface area (Å²) in [5.74, 6) is -1.89. The Balaban J connectivity index is 1.42. The Morgan fingerprint density at radius 3 is 2.68 bits per heavy atom. The van der Waals surface area contributed by atoms with Crippen molar-refractivity contribution in [1.29, 1.82) is 0 Å². The zero-order chi connectivity index (χ0) is 24.3. The summed E-state index contributed by atoms with van der Waals surface area (Å²) in [5, 5.41) is 6.68. The molecule has 1 unspecified atom stereocenters. The molecule has 2 aromatic rings. The summed E-state index contributed by atoms with van der Waals surface area (Å²) in [4.78, 5) is 12.4. The summed E-state index contributed by atoms with van der Waals surface area (Å²) in [6, 6.07) is 3.09. The number of ether oxygens (including phenoxy) is 1. The molecule has 1 N–H and O–H groups in total. The van der Waals surface area contributed by atoms with Crippen LogP contribution in [0.25, 0.3) is 12.2 Å². The molecule has 3 heterocycles. The number of piperidine rings is 1. The number of hydrogen-bond donors (Lipinski definition) is 1. The number of sulfonamides is 1. The number of amides is 1. The number of nitrogens with zero attached hydrogens (tertiary/aromatic N) is 2. The lowest BCUT2D eigenvalue weighted by Gasteiger charge is -2.30. The van der Waals surface area contributed by atoms with Gasteiger partial charge in [0.25, 0.3) is 0 Å². The fourth-order valence-electron chi connectivity index (χ4n) is 4.25. The van der Waals surface area contributed by atoms with Gasteiger partial charge in [0.2, 0.25) is 15.9 Å². The minimum atomic E-state index is -3.96. The number of benzene rings is 1. The summed E-state index contributed by atoms with van der Waals surface area (Å²) >= 11 is 0. The summed E-state index contributed by atoms with van der Waals surface area (Å²) in [6.45, 7) is 3.07. The van der Waals surface area contributed by atoms with E-state index in [0.717, 1.165) is 31.6 Å². The fraction of sp³-hybridized carbons (Fsp3) is 0.478. The number of rotatable bonds is 7. The highest BCUT2D eigenvalue weighted by Crippen LogP contribution is 2.29. The number of carbonyl (C=O) groups excluding carboxylic acids is 1. The van der Waals surface area contributed by atoms with Crippen LogP contribution in [0.5, 0.6) is 0 Å². The number of nitrogens with one attached hydrogen (secondary N) is 1. The maximum atomic E-state index is 13.9. The molecule has 34 heavy (non-hydrogen) atoms. The molecule has 1 atom stereocenters. The maximum Gasteiger partial charge on any atom is 0.248 e. The van der Waals surface area contributed by atoms with Crippen molar-refractivity contribution in [2.75, 3.05) is 26.2 Å². The Labute approximate surface area is 197 Å². The standard InChI is InChI=1S/C23H27F2N3O5S/c1-15-22(21(33-27-15)7-5-16-4-6-18(24)13-20(16)25)34(30,31)28-10-8-17(9-11-28)23(29)26-14-19-3-2-12-32-19/h4-7,13,17,19H,2-3,8-12,14H2,1H3,(H,26,29)/b7-5+. The van der Waals surface area contributed by atoms with Crippen LogP contribution < -0.4 is 5.32 Å². The summed E-state index contributed by atoms with van der Waals surface area (Å²) in [6.07, 6.45) is 5.37. The minimum Gasteiger partial charge on any atom is -0.376 e. The Morgan fingerprint density at radius 2 is 2.00 bits per heavy atom. The molecule has 0 bridgehead atoms. The van der Waals surface area contributed by atoms with Gasteiger partial charge < -0.3 is 14.6 Å². The van der Waals surface area contributed by atoms with E-state index in [1.54, 1.807) is 0 Å². The molecule has 2 fully saturated rings. The van der Waals surface area contributed by atoms with Crippen molar-refractivity contribution < 1.29 is 31.3 Å². The van der Waals surface area contributed by atoms with Crippen LogP contribution in [0.4, 0.5) is 8.78 Å². The third kappa shape index (κ3) is 5.37. The first-order valence-corrected chi connectivity index (χ1v) is 12.7. The smallest absolute Gasteiger partial charge is 0.248 e. The van der Waals surface area contributed by atoms with Crippen LogP contribution in [0.1, 0.15) is 42.7 Å². The maximum absolute atomic E-state index is 13.9. The van der Waals surface area contributed by atoms with Crippen molar-refractivity contribution in [3.8, 4) is 0 Å². The first-order chi connectivity index (χ1) is 16.3. The van der Waals surface area contributed by atoms with Gasteiger partial charge >= 0.3 is 0 Å². The predicted molar refractivity (Wildman–Crippen MR) is 120 cm³/mol. The van der Waals surface area contributed by atoms with E-state index in [2.05, 4.69) is 10.5 Å². The van der Waals surface area contributed by atoms with Crippen molar-refractivity contribution in [2.45, 2.75) is 43.6 Å². The highest BCUT2D eigenvalue weighted by molar-refractivity contribution is 7.89. The van der Waals surface area contributed by atoms with E-state index in [1.807, 2.05) is 0 Å². The van der Waals surface area contributed by atoms with Crippen LogP contribution in [0, 0.1) is 24.5 Å². The molecule has 0 saturated carbocycles. The third-order valence-corrected chi connectivity index (χ3v) is 8.22. The van der Waals surface area contributed by atoms with E-state index in [-0.39, 0.29) is 52.9 Å². The quantitative estimate of drug-likeness (QED) is 0.633. The topological polar surface area (TPSA) is 102 Å². The Morgan fingerprint density at radius 1 is 1.24 bits per heavy atom. The number of carbonyl (C=O) groups is 1. The van der Waals surface area contributed by atoms with Gasteiger partial charge in [0, 0.05) is 43.8 Å². The molecule has 1 aromatic heterocycles. The number of aryl methyl sites for hydroxylation is 1. The van der Waals surface area contributed by atoms with E-state index in [4.69, 9.17) is 9.26 Å². The number of aromatic nitrogens is 1. The molecule has 1 amide bonds. The molecule has 2 saturated heterocycles. The Kier molecular flexibility index (Phi) is 7.44. The van der Waals surface area contributed by atoms with Gasteiger partial charge in [-0.2, -0.15) is 4.31 Å². The largest absolute Gasteiger partial charge is 0.376 e. The van der Waals surface area contributed by atoms with Crippen LogP contribution in [0.2, 0.25) is 0 Å². The average Bonchev–Trinajstić information content (AvgIpc) is 3.47. The van der Waals surface area contributed by atoms with Crippen LogP contribution in [0.3, 0.4) is 0 Å². The van der Waals surface area contributed by atoms with Gasteiger partial charge in [-0.25, -0.2) is 17.2 Å². The molecule has 0 radical (unpaired) electrons. The van der Waals surface area contributed by atoms with E-state index in [9.17, 15) is 22.0 Å². The molecular weight excluding hydrogens is 468 g/mol. The fourth-order valence-corrected chi connectivity index (χ4v) is 5.97. The first-order valence-electron chi connectivity index (χ1n) is 11.2. The summed E-state index contributed by atoms with van der Waals surface area (Å²) in [7, 11) is -3.96. The van der Waals surface area contributed by atoms with Crippen molar-refractivity contribution in [2.24, 2.45) is 5.92 Å². The van der Waals surface area contributed by atoms with Crippen molar-refractivity contribution in [3.63, 3.8) is 0 Å². The molecule has 2 aliphatic heterocycles. The second-order valence-electron chi connectivity index (χ2n) is 8.52. The first kappa shape index (κ1) is 24.5. The molecule has 2 aliphatic rings. The van der Waals surface area contributed by atoms with Gasteiger partial charge in [0.1, 0.15) is 17.3 Å². The summed E-state index contributed by atoms with van der Waals surface area (Å²) in [5.41, 5.74) is 0.254. The summed E-state index contributed by atoms with van der Waals surface area (Å²) < 4.78 is 65.7. The van der Waals surface area contributed by atoms with Crippen LogP contribution in [0.15, 0.2) is 27.6 Å². The molecule has 1 aromatic carbocycles. The van der Waals surface area contributed by atoms with Crippen LogP contribution in [-0.2, 0) is 19.6 Å². The number of hydrogen-bond acceptors (Lipinski definition) is 6. The monoisotopic (exact) mass is 495 g/mol. The van der Waals surface area contributed by atoms with E-state index < -0.39 is 21.7 Å². The highest BCUT2D eigenvalue weighted by atomic mass is 32.2. The lowest BCUT2D eigenvalue weighted by atomic mass is 9.97. The highest BCUT2D eigenvalue weighted by Gasteiger charge is 2.36. The molecule has 8 nitrogen and oxygen atoms in total. The predicted octanol–water partition coefficient (Wildman–Crippen LogP) is 3.13. The molecule has 184 valence electrons. The van der Waals surface area contributed by atoms with Gasteiger partial charge in [0.05, 0.1) is 6.10 Å². The van der Waals surface area contributed by atoms with Gasteiger partial charge in [-0.1, -0.05) is 5.16 Å². The lowest BCUT2D eigenvalue weighted by molar-refractivity contribution is -0.126.